The Labute approximate surface area is 122 Å². The van der Waals surface area contributed by atoms with Crippen molar-refractivity contribution >= 4 is 11.4 Å². The van der Waals surface area contributed by atoms with Gasteiger partial charge in [0.05, 0.1) is 24.3 Å². The molecule has 110 valence electrons. The summed E-state index contributed by atoms with van der Waals surface area (Å²) in [6, 6.07) is 8.97. The molecule has 2 heterocycles. The number of ether oxygens (including phenoxy) is 1. The highest BCUT2D eigenvalue weighted by molar-refractivity contribution is 5.64. The van der Waals surface area contributed by atoms with Crippen LogP contribution in [0.15, 0.2) is 41.0 Å². The van der Waals surface area contributed by atoms with Crippen LogP contribution in [0.3, 0.4) is 0 Å². The van der Waals surface area contributed by atoms with E-state index in [2.05, 4.69) is 0 Å². The summed E-state index contributed by atoms with van der Waals surface area (Å²) in [5.41, 5.74) is 1.64. The molecule has 6 heteroatoms. The number of nitro groups is 1. The largest absolute Gasteiger partial charge is 0.467 e. The summed E-state index contributed by atoms with van der Waals surface area (Å²) in [4.78, 5) is 12.9. The van der Waals surface area contributed by atoms with Gasteiger partial charge in [-0.2, -0.15) is 0 Å². The first-order chi connectivity index (χ1) is 10.1. The molecular formula is C15H16N2O4. The summed E-state index contributed by atoms with van der Waals surface area (Å²) in [5, 5.41) is 11.3. The van der Waals surface area contributed by atoms with E-state index in [1.54, 1.807) is 18.4 Å². The maximum atomic E-state index is 11.3. The van der Waals surface area contributed by atoms with E-state index in [-0.39, 0.29) is 16.7 Å². The lowest BCUT2D eigenvalue weighted by Gasteiger charge is -2.33. The first-order valence-electron chi connectivity index (χ1n) is 6.80. The summed E-state index contributed by atoms with van der Waals surface area (Å²) in [6.07, 6.45) is 1.40. The molecule has 0 saturated carbocycles. The molecule has 1 aliphatic heterocycles. The molecule has 1 aromatic heterocycles. The number of aryl methyl sites for hydroxylation is 1. The molecule has 0 spiro atoms. The summed E-state index contributed by atoms with van der Waals surface area (Å²) in [6.45, 7) is 3.52. The number of morpholine rings is 1. The van der Waals surface area contributed by atoms with Gasteiger partial charge in [0, 0.05) is 12.6 Å². The molecule has 6 nitrogen and oxygen atoms in total. The van der Waals surface area contributed by atoms with Gasteiger partial charge in [0.1, 0.15) is 17.6 Å². The van der Waals surface area contributed by atoms with Crippen LogP contribution in [-0.2, 0) is 4.74 Å². The van der Waals surface area contributed by atoms with Gasteiger partial charge in [-0.15, -0.1) is 0 Å². The quantitative estimate of drug-likeness (QED) is 0.641. The van der Waals surface area contributed by atoms with Gasteiger partial charge >= 0.3 is 0 Å². The first kappa shape index (κ1) is 13.6. The van der Waals surface area contributed by atoms with E-state index in [1.165, 1.54) is 0 Å². The Morgan fingerprint density at radius 3 is 2.95 bits per heavy atom. The van der Waals surface area contributed by atoms with Gasteiger partial charge in [0.25, 0.3) is 5.69 Å². The van der Waals surface area contributed by atoms with Crippen molar-refractivity contribution in [2.24, 2.45) is 0 Å². The van der Waals surface area contributed by atoms with E-state index in [0.717, 1.165) is 11.3 Å². The van der Waals surface area contributed by atoms with Crippen LogP contribution in [0.25, 0.3) is 0 Å². The molecule has 21 heavy (non-hydrogen) atoms. The van der Waals surface area contributed by atoms with Crippen molar-refractivity contribution in [3.63, 3.8) is 0 Å². The average Bonchev–Trinajstić information content (AvgIpc) is 3.01. The number of anilines is 1. The number of benzene rings is 1. The van der Waals surface area contributed by atoms with Crippen LogP contribution < -0.4 is 4.90 Å². The molecule has 1 aliphatic rings. The molecule has 1 fully saturated rings. The van der Waals surface area contributed by atoms with Gasteiger partial charge in [-0.05, 0) is 30.7 Å². The smallest absolute Gasteiger partial charge is 0.292 e. The number of rotatable bonds is 3. The minimum Gasteiger partial charge on any atom is -0.467 e. The summed E-state index contributed by atoms with van der Waals surface area (Å²) < 4.78 is 11.1. The van der Waals surface area contributed by atoms with Crippen LogP contribution in [-0.4, -0.2) is 24.6 Å². The maximum Gasteiger partial charge on any atom is 0.292 e. The van der Waals surface area contributed by atoms with Gasteiger partial charge in [-0.25, -0.2) is 0 Å². The Bertz CT molecular complexity index is 639. The third-order valence-corrected chi connectivity index (χ3v) is 3.60. The van der Waals surface area contributed by atoms with Crippen molar-refractivity contribution in [1.82, 2.24) is 0 Å². The first-order valence-corrected chi connectivity index (χ1v) is 6.80. The summed E-state index contributed by atoms with van der Waals surface area (Å²) in [7, 11) is 0. The number of hydrogen-bond donors (Lipinski definition) is 0. The zero-order valence-corrected chi connectivity index (χ0v) is 11.7. The molecule has 2 aromatic rings. The monoisotopic (exact) mass is 288 g/mol. The minimum atomic E-state index is -0.334. The van der Waals surface area contributed by atoms with E-state index >= 15 is 0 Å². The van der Waals surface area contributed by atoms with Gasteiger partial charge in [-0.1, -0.05) is 6.07 Å². The topological polar surface area (TPSA) is 68.8 Å². The zero-order chi connectivity index (χ0) is 14.8. The van der Waals surface area contributed by atoms with Crippen LogP contribution in [0.4, 0.5) is 11.4 Å². The molecule has 3 rings (SSSR count). The van der Waals surface area contributed by atoms with Crippen LogP contribution in [0.2, 0.25) is 0 Å². The summed E-state index contributed by atoms with van der Waals surface area (Å²) >= 11 is 0. The highest BCUT2D eigenvalue weighted by Crippen LogP contribution is 2.33. The van der Waals surface area contributed by atoms with Crippen molar-refractivity contribution in [3.05, 3.63) is 58.0 Å². The fraction of sp³-hybridized carbons (Fsp3) is 0.333. The van der Waals surface area contributed by atoms with Crippen molar-refractivity contribution in [1.29, 1.82) is 0 Å². The Morgan fingerprint density at radius 2 is 2.24 bits per heavy atom. The molecule has 0 amide bonds. The average molecular weight is 288 g/mol. The predicted octanol–water partition coefficient (Wildman–Crippen LogP) is 3.07. The molecule has 1 saturated heterocycles. The third kappa shape index (κ3) is 2.75. The van der Waals surface area contributed by atoms with Crippen LogP contribution in [0.1, 0.15) is 17.4 Å². The van der Waals surface area contributed by atoms with Gasteiger partial charge in [0.15, 0.2) is 0 Å². The molecule has 0 N–H and O–H groups in total. The Kier molecular flexibility index (Phi) is 3.62. The number of nitrogens with zero attached hydrogens (tertiary/aromatic N) is 2. The lowest BCUT2D eigenvalue weighted by atomic mass is 10.1. The van der Waals surface area contributed by atoms with E-state index < -0.39 is 0 Å². The second-order valence-electron chi connectivity index (χ2n) is 5.07. The highest BCUT2D eigenvalue weighted by Gasteiger charge is 2.28. The lowest BCUT2D eigenvalue weighted by Crippen LogP contribution is -2.38. The molecule has 1 unspecified atom stereocenters. The van der Waals surface area contributed by atoms with Gasteiger partial charge in [-0.3, -0.25) is 10.1 Å². The molecule has 0 radical (unpaired) electrons. The molecule has 1 aromatic carbocycles. The third-order valence-electron chi connectivity index (χ3n) is 3.60. The Morgan fingerprint density at radius 1 is 1.38 bits per heavy atom. The lowest BCUT2D eigenvalue weighted by molar-refractivity contribution is -0.384. The van der Waals surface area contributed by atoms with E-state index in [9.17, 15) is 10.1 Å². The second-order valence-corrected chi connectivity index (χ2v) is 5.07. The fourth-order valence-corrected chi connectivity index (χ4v) is 2.56. The van der Waals surface area contributed by atoms with Crippen molar-refractivity contribution in [2.45, 2.75) is 13.0 Å². The number of furan rings is 1. The Balaban J connectivity index is 1.88. The highest BCUT2D eigenvalue weighted by atomic mass is 16.6. The van der Waals surface area contributed by atoms with Crippen molar-refractivity contribution in [3.8, 4) is 0 Å². The van der Waals surface area contributed by atoms with Crippen LogP contribution in [0.5, 0.6) is 0 Å². The van der Waals surface area contributed by atoms with E-state index in [1.807, 2.05) is 30.0 Å². The fourth-order valence-electron chi connectivity index (χ4n) is 2.56. The van der Waals surface area contributed by atoms with Gasteiger partial charge < -0.3 is 14.1 Å². The van der Waals surface area contributed by atoms with Crippen LogP contribution in [0, 0.1) is 17.0 Å². The van der Waals surface area contributed by atoms with Crippen molar-refractivity contribution in [2.75, 3.05) is 24.6 Å². The maximum absolute atomic E-state index is 11.3. The van der Waals surface area contributed by atoms with Crippen LogP contribution >= 0.6 is 0 Å². The molecule has 1 atom stereocenters. The SMILES string of the molecule is Cc1ccc(N2CCOC(c3ccco3)C2)c([N+](=O)[O-])c1. The Hall–Kier alpha value is -2.34. The van der Waals surface area contributed by atoms with E-state index in [0.29, 0.717) is 25.4 Å². The molecule has 0 bridgehead atoms. The normalized spacial score (nSPS) is 18.7. The standard InChI is InChI=1S/C15H16N2O4/c1-11-4-5-12(13(9-11)17(18)19)16-6-8-21-15(10-16)14-3-2-7-20-14/h2-5,7,9,15H,6,8,10H2,1H3. The summed E-state index contributed by atoms with van der Waals surface area (Å²) in [5.74, 6) is 0.745. The number of nitro benzene ring substituents is 1. The molecule has 0 aliphatic carbocycles. The minimum absolute atomic E-state index is 0.134. The second kappa shape index (κ2) is 5.57. The van der Waals surface area contributed by atoms with Crippen molar-refractivity contribution < 1.29 is 14.1 Å². The molecular weight excluding hydrogens is 272 g/mol. The predicted molar refractivity (Wildman–Crippen MR) is 77.4 cm³/mol. The van der Waals surface area contributed by atoms with E-state index in [4.69, 9.17) is 9.15 Å². The zero-order valence-electron chi connectivity index (χ0n) is 11.7. The van der Waals surface area contributed by atoms with Gasteiger partial charge in [0.2, 0.25) is 0 Å². The number of hydrogen-bond acceptors (Lipinski definition) is 5.